The summed E-state index contributed by atoms with van der Waals surface area (Å²) in [6, 6.07) is 4.02. The molecule has 2 nitrogen and oxygen atoms in total. The minimum Gasteiger partial charge on any atom is -0.396 e. The van der Waals surface area contributed by atoms with E-state index in [9.17, 15) is 0 Å². The van der Waals surface area contributed by atoms with Crippen LogP contribution >= 0.6 is 0 Å². The van der Waals surface area contributed by atoms with Gasteiger partial charge in [-0.25, -0.2) is 0 Å². The topological polar surface area (TPSA) is 33.1 Å². The molecular formula is C9H11NO. The van der Waals surface area contributed by atoms with E-state index in [4.69, 9.17) is 5.11 Å². The van der Waals surface area contributed by atoms with E-state index in [1.54, 1.807) is 6.20 Å². The van der Waals surface area contributed by atoms with Crippen LogP contribution in [0.1, 0.15) is 17.9 Å². The molecule has 11 heavy (non-hydrogen) atoms. The molecule has 2 atom stereocenters. The molecule has 1 aromatic rings. The highest BCUT2D eigenvalue weighted by molar-refractivity contribution is 5.21. The van der Waals surface area contributed by atoms with Crippen molar-refractivity contribution >= 4 is 0 Å². The maximum absolute atomic E-state index is 8.82. The molecule has 0 aromatic carbocycles. The molecule has 1 saturated carbocycles. The zero-order valence-corrected chi connectivity index (χ0v) is 6.27. The Labute approximate surface area is 65.9 Å². The minimum atomic E-state index is 0.319. The molecule has 0 unspecified atom stereocenters. The molecule has 1 aliphatic carbocycles. The lowest BCUT2D eigenvalue weighted by Gasteiger charge is -1.95. The van der Waals surface area contributed by atoms with E-state index in [1.165, 1.54) is 5.56 Å². The lowest BCUT2D eigenvalue weighted by atomic mass is 10.1. The minimum absolute atomic E-state index is 0.319. The number of aliphatic hydroxyl groups is 1. The van der Waals surface area contributed by atoms with E-state index in [0.717, 1.165) is 6.42 Å². The largest absolute Gasteiger partial charge is 0.396 e. The van der Waals surface area contributed by atoms with E-state index in [-0.39, 0.29) is 0 Å². The summed E-state index contributed by atoms with van der Waals surface area (Å²) in [7, 11) is 0. The van der Waals surface area contributed by atoms with Crippen molar-refractivity contribution in [3.05, 3.63) is 30.1 Å². The zero-order valence-electron chi connectivity index (χ0n) is 6.27. The van der Waals surface area contributed by atoms with Gasteiger partial charge in [0.25, 0.3) is 0 Å². The molecule has 2 heteroatoms. The fraction of sp³-hybridized carbons (Fsp3) is 0.444. The molecule has 1 fully saturated rings. The highest BCUT2D eigenvalue weighted by atomic mass is 16.3. The predicted molar refractivity (Wildman–Crippen MR) is 42.2 cm³/mol. The first-order chi connectivity index (χ1) is 5.42. The van der Waals surface area contributed by atoms with Crippen molar-refractivity contribution in [2.45, 2.75) is 12.3 Å². The van der Waals surface area contributed by atoms with Crippen LogP contribution in [0.5, 0.6) is 0 Å². The van der Waals surface area contributed by atoms with Gasteiger partial charge in [-0.15, -0.1) is 0 Å². The third-order valence-electron chi connectivity index (χ3n) is 2.27. The van der Waals surface area contributed by atoms with E-state index in [1.807, 2.05) is 12.3 Å². The fourth-order valence-corrected chi connectivity index (χ4v) is 1.45. The van der Waals surface area contributed by atoms with Crippen LogP contribution in [-0.4, -0.2) is 16.7 Å². The lowest BCUT2D eigenvalue weighted by Crippen LogP contribution is -1.88. The van der Waals surface area contributed by atoms with E-state index in [2.05, 4.69) is 11.1 Å². The van der Waals surface area contributed by atoms with Gasteiger partial charge in [-0.3, -0.25) is 4.98 Å². The van der Waals surface area contributed by atoms with Gasteiger partial charge in [0, 0.05) is 19.0 Å². The SMILES string of the molecule is OC[C@@H]1C[C@H]1c1cccnc1. The van der Waals surface area contributed by atoms with Gasteiger partial charge in [0.1, 0.15) is 0 Å². The second-order valence-corrected chi connectivity index (χ2v) is 3.07. The summed E-state index contributed by atoms with van der Waals surface area (Å²) in [6.07, 6.45) is 4.79. The van der Waals surface area contributed by atoms with E-state index < -0.39 is 0 Å². The van der Waals surface area contributed by atoms with Gasteiger partial charge in [-0.05, 0) is 29.9 Å². The average molecular weight is 149 g/mol. The van der Waals surface area contributed by atoms with Gasteiger partial charge in [-0.1, -0.05) is 6.07 Å². The number of aromatic nitrogens is 1. The van der Waals surface area contributed by atoms with Crippen molar-refractivity contribution in [1.82, 2.24) is 4.98 Å². The quantitative estimate of drug-likeness (QED) is 0.684. The average Bonchev–Trinajstić information content (AvgIpc) is 2.85. The summed E-state index contributed by atoms with van der Waals surface area (Å²) in [5.74, 6) is 1.08. The molecule has 1 N–H and O–H groups in total. The van der Waals surface area contributed by atoms with Crippen LogP contribution in [0.2, 0.25) is 0 Å². The number of nitrogens with zero attached hydrogens (tertiary/aromatic N) is 1. The Kier molecular flexibility index (Phi) is 1.62. The number of hydrogen-bond donors (Lipinski definition) is 1. The lowest BCUT2D eigenvalue weighted by molar-refractivity contribution is 0.274. The number of hydrogen-bond acceptors (Lipinski definition) is 2. The van der Waals surface area contributed by atoms with Crippen LogP contribution in [0.4, 0.5) is 0 Å². The molecule has 0 bridgehead atoms. The second kappa shape index (κ2) is 2.62. The summed E-state index contributed by atoms with van der Waals surface area (Å²) in [4.78, 5) is 4.03. The Morgan fingerprint density at radius 1 is 1.64 bits per heavy atom. The smallest absolute Gasteiger partial charge is 0.0465 e. The molecule has 0 aliphatic heterocycles. The molecule has 0 saturated heterocycles. The van der Waals surface area contributed by atoms with E-state index in [0.29, 0.717) is 18.4 Å². The third-order valence-corrected chi connectivity index (χ3v) is 2.27. The van der Waals surface area contributed by atoms with Crippen molar-refractivity contribution in [3.63, 3.8) is 0 Å². The number of aliphatic hydroxyl groups excluding tert-OH is 1. The first-order valence-electron chi connectivity index (χ1n) is 3.92. The molecule has 0 amide bonds. The molecule has 58 valence electrons. The summed E-state index contributed by atoms with van der Waals surface area (Å²) < 4.78 is 0. The zero-order chi connectivity index (χ0) is 7.68. The predicted octanol–water partition coefficient (Wildman–Crippen LogP) is 1.18. The number of rotatable bonds is 2. The monoisotopic (exact) mass is 149 g/mol. The molecule has 2 rings (SSSR count). The molecule has 1 aromatic heterocycles. The molecule has 1 heterocycles. The Morgan fingerprint density at radius 2 is 2.55 bits per heavy atom. The first kappa shape index (κ1) is 6.80. The van der Waals surface area contributed by atoms with E-state index >= 15 is 0 Å². The summed E-state index contributed by atoms with van der Waals surface area (Å²) >= 11 is 0. The van der Waals surface area contributed by atoms with Crippen LogP contribution < -0.4 is 0 Å². The van der Waals surface area contributed by atoms with Crippen molar-refractivity contribution in [2.24, 2.45) is 5.92 Å². The van der Waals surface area contributed by atoms with Crippen molar-refractivity contribution in [3.8, 4) is 0 Å². The fourth-order valence-electron chi connectivity index (χ4n) is 1.45. The Morgan fingerprint density at radius 3 is 3.09 bits per heavy atom. The van der Waals surface area contributed by atoms with Crippen LogP contribution in [0.15, 0.2) is 24.5 Å². The van der Waals surface area contributed by atoms with Gasteiger partial charge >= 0.3 is 0 Å². The molecule has 0 radical (unpaired) electrons. The standard InChI is InChI=1S/C9H11NO/c11-6-8-4-9(8)7-2-1-3-10-5-7/h1-3,5,8-9,11H,4,6H2/t8-,9-/m0/s1. The van der Waals surface area contributed by atoms with Crippen LogP contribution in [0, 0.1) is 5.92 Å². The third kappa shape index (κ3) is 1.26. The summed E-state index contributed by atoms with van der Waals surface area (Å²) in [6.45, 7) is 0.319. The highest BCUT2D eigenvalue weighted by Gasteiger charge is 2.37. The molecule has 0 spiro atoms. The van der Waals surface area contributed by atoms with Gasteiger partial charge in [-0.2, -0.15) is 0 Å². The molecule has 1 aliphatic rings. The maximum Gasteiger partial charge on any atom is 0.0465 e. The van der Waals surface area contributed by atoms with Gasteiger partial charge < -0.3 is 5.11 Å². The normalized spacial score (nSPS) is 28.5. The van der Waals surface area contributed by atoms with Crippen LogP contribution in [-0.2, 0) is 0 Å². The van der Waals surface area contributed by atoms with Crippen LogP contribution in [0.25, 0.3) is 0 Å². The van der Waals surface area contributed by atoms with Crippen LogP contribution in [0.3, 0.4) is 0 Å². The molecular weight excluding hydrogens is 138 g/mol. The van der Waals surface area contributed by atoms with Gasteiger partial charge in [0.2, 0.25) is 0 Å². The van der Waals surface area contributed by atoms with Gasteiger partial charge in [0.05, 0.1) is 0 Å². The Balaban J connectivity index is 2.09. The Bertz CT molecular complexity index is 235. The maximum atomic E-state index is 8.82. The van der Waals surface area contributed by atoms with Crippen molar-refractivity contribution < 1.29 is 5.11 Å². The summed E-state index contributed by atoms with van der Waals surface area (Å²) in [5, 5.41) is 8.82. The summed E-state index contributed by atoms with van der Waals surface area (Å²) in [5.41, 5.74) is 1.27. The second-order valence-electron chi connectivity index (χ2n) is 3.07. The first-order valence-corrected chi connectivity index (χ1v) is 3.92. The number of pyridine rings is 1. The Hall–Kier alpha value is -0.890. The van der Waals surface area contributed by atoms with Crippen molar-refractivity contribution in [2.75, 3.05) is 6.61 Å². The van der Waals surface area contributed by atoms with Gasteiger partial charge in [0.15, 0.2) is 0 Å². The highest BCUT2D eigenvalue weighted by Crippen LogP contribution is 2.46. The van der Waals surface area contributed by atoms with Crippen molar-refractivity contribution in [1.29, 1.82) is 0 Å².